The van der Waals surface area contributed by atoms with Crippen LogP contribution < -0.4 is 10.5 Å². The summed E-state index contributed by atoms with van der Waals surface area (Å²) in [7, 11) is 1.65. The lowest BCUT2D eigenvalue weighted by Gasteiger charge is -2.19. The number of methoxy groups -OCH3 is 1. The van der Waals surface area contributed by atoms with Crippen molar-refractivity contribution in [2.45, 2.75) is 23.4 Å². The maximum Gasteiger partial charge on any atom is 0.187 e. The average Bonchev–Trinajstić information content (AvgIpc) is 2.47. The fourth-order valence-corrected chi connectivity index (χ4v) is 2.56. The summed E-state index contributed by atoms with van der Waals surface area (Å²) in [5, 5.41) is 0.940. The summed E-state index contributed by atoms with van der Waals surface area (Å²) in [5.74, 6) is 0.836. The first-order valence-corrected chi connectivity index (χ1v) is 6.92. The molecule has 0 saturated carbocycles. The number of hydrogen-bond donors (Lipinski definition) is 1. The van der Waals surface area contributed by atoms with Gasteiger partial charge in [-0.05, 0) is 23.8 Å². The zero-order valence-electron chi connectivity index (χ0n) is 11.0. The summed E-state index contributed by atoms with van der Waals surface area (Å²) in [6.07, 6.45) is 3.47. The number of nitrogens with two attached hydrogens (primary N) is 1. The second-order valence-corrected chi connectivity index (χ2v) is 5.50. The van der Waals surface area contributed by atoms with Gasteiger partial charge in [-0.15, -0.1) is 0 Å². The molecule has 2 N–H and O–H groups in total. The second-order valence-electron chi connectivity index (χ2n) is 4.15. The van der Waals surface area contributed by atoms with E-state index in [1.54, 1.807) is 37.3 Å². The summed E-state index contributed by atoms with van der Waals surface area (Å²) in [6.45, 7) is 2.08. The Kier molecular flexibility index (Phi) is 4.76. The van der Waals surface area contributed by atoms with Crippen LogP contribution in [-0.4, -0.2) is 22.3 Å². The molecule has 0 spiro atoms. The largest absolute Gasteiger partial charge is 0.497 e. The topological polar surface area (TPSA) is 61.0 Å². The van der Waals surface area contributed by atoms with Gasteiger partial charge in [-0.1, -0.05) is 30.8 Å². The molecule has 5 heteroatoms. The van der Waals surface area contributed by atoms with Gasteiger partial charge in [0, 0.05) is 23.7 Å². The molecule has 1 aromatic heterocycles. The van der Waals surface area contributed by atoms with Crippen LogP contribution in [0.4, 0.5) is 0 Å². The maximum absolute atomic E-state index is 6.26. The van der Waals surface area contributed by atoms with E-state index in [2.05, 4.69) is 16.9 Å². The van der Waals surface area contributed by atoms with Crippen LogP contribution in [0.5, 0.6) is 5.75 Å². The van der Waals surface area contributed by atoms with E-state index < -0.39 is 0 Å². The van der Waals surface area contributed by atoms with Crippen molar-refractivity contribution in [3.63, 3.8) is 0 Å². The van der Waals surface area contributed by atoms with Gasteiger partial charge in [-0.25, -0.2) is 9.97 Å². The quantitative estimate of drug-likeness (QED) is 0.671. The van der Waals surface area contributed by atoms with Crippen molar-refractivity contribution in [2.24, 2.45) is 5.73 Å². The molecule has 0 radical (unpaired) electrons. The van der Waals surface area contributed by atoms with Crippen molar-refractivity contribution < 1.29 is 4.74 Å². The van der Waals surface area contributed by atoms with E-state index in [1.165, 1.54) is 0 Å². The van der Waals surface area contributed by atoms with E-state index in [0.29, 0.717) is 0 Å². The molecule has 0 fully saturated rings. The molecule has 4 nitrogen and oxygen atoms in total. The first-order valence-electron chi connectivity index (χ1n) is 6.04. The van der Waals surface area contributed by atoms with Gasteiger partial charge in [0.1, 0.15) is 5.75 Å². The molecule has 1 heterocycles. The molecule has 1 aromatic carbocycles. The van der Waals surface area contributed by atoms with Crippen LogP contribution in [0.25, 0.3) is 0 Å². The Morgan fingerprint density at radius 2 is 1.79 bits per heavy atom. The summed E-state index contributed by atoms with van der Waals surface area (Å²) in [5.41, 5.74) is 7.34. The van der Waals surface area contributed by atoms with Crippen LogP contribution in [0.3, 0.4) is 0 Å². The zero-order valence-corrected chi connectivity index (χ0v) is 11.8. The Morgan fingerprint density at radius 3 is 2.37 bits per heavy atom. The average molecular weight is 275 g/mol. The van der Waals surface area contributed by atoms with Crippen molar-refractivity contribution in [1.82, 2.24) is 9.97 Å². The highest BCUT2D eigenvalue weighted by molar-refractivity contribution is 7.99. The first-order chi connectivity index (χ1) is 9.20. The smallest absolute Gasteiger partial charge is 0.187 e. The van der Waals surface area contributed by atoms with E-state index in [-0.39, 0.29) is 11.3 Å². The lowest BCUT2D eigenvalue weighted by molar-refractivity contribution is 0.414. The molecule has 2 rings (SSSR count). The first kappa shape index (κ1) is 13.8. The molecule has 0 aliphatic carbocycles. The van der Waals surface area contributed by atoms with E-state index >= 15 is 0 Å². The number of hydrogen-bond acceptors (Lipinski definition) is 5. The third-order valence-corrected chi connectivity index (χ3v) is 3.93. The lowest BCUT2D eigenvalue weighted by atomic mass is 10.1. The number of rotatable bonds is 5. The van der Waals surface area contributed by atoms with Crippen molar-refractivity contribution in [1.29, 1.82) is 0 Å². The van der Waals surface area contributed by atoms with Gasteiger partial charge in [-0.3, -0.25) is 0 Å². The molecular weight excluding hydrogens is 258 g/mol. The van der Waals surface area contributed by atoms with Crippen LogP contribution in [0.15, 0.2) is 47.9 Å². The highest BCUT2D eigenvalue weighted by Gasteiger charge is 2.17. The molecule has 0 amide bonds. The van der Waals surface area contributed by atoms with Crippen molar-refractivity contribution in [2.75, 3.05) is 7.11 Å². The minimum Gasteiger partial charge on any atom is -0.497 e. The normalized spacial score (nSPS) is 13.8. The number of aromatic nitrogens is 2. The monoisotopic (exact) mass is 275 g/mol. The summed E-state index contributed by atoms with van der Waals surface area (Å²) in [4.78, 5) is 8.40. The van der Waals surface area contributed by atoms with Gasteiger partial charge < -0.3 is 10.5 Å². The summed E-state index contributed by atoms with van der Waals surface area (Å²) < 4.78 is 5.14. The number of thioether (sulfide) groups is 1. The lowest BCUT2D eigenvalue weighted by Crippen LogP contribution is -2.21. The SMILES string of the molecule is COc1ccc(C(N)C(C)Sc2ncccn2)cc1. The number of ether oxygens (including phenoxy) is 1. The van der Waals surface area contributed by atoms with E-state index in [4.69, 9.17) is 10.5 Å². The third kappa shape index (κ3) is 3.68. The minimum atomic E-state index is -0.0697. The minimum absolute atomic E-state index is 0.0697. The van der Waals surface area contributed by atoms with Crippen LogP contribution in [0.1, 0.15) is 18.5 Å². The van der Waals surface area contributed by atoms with Crippen molar-refractivity contribution in [3.8, 4) is 5.75 Å². The second kappa shape index (κ2) is 6.54. The van der Waals surface area contributed by atoms with Crippen molar-refractivity contribution >= 4 is 11.8 Å². The Balaban J connectivity index is 2.03. The molecule has 0 saturated heterocycles. The summed E-state index contributed by atoms with van der Waals surface area (Å²) in [6, 6.07) is 9.56. The molecule has 0 aliphatic rings. The predicted octanol–water partition coefficient (Wildman–Crippen LogP) is 2.67. The Hall–Kier alpha value is -1.59. The Morgan fingerprint density at radius 1 is 1.16 bits per heavy atom. The van der Waals surface area contributed by atoms with Crippen LogP contribution in [-0.2, 0) is 0 Å². The van der Waals surface area contributed by atoms with Gasteiger partial charge in [-0.2, -0.15) is 0 Å². The van der Waals surface area contributed by atoms with E-state index in [9.17, 15) is 0 Å². The molecule has 0 bridgehead atoms. The number of benzene rings is 1. The predicted molar refractivity (Wildman–Crippen MR) is 77.3 cm³/mol. The molecule has 0 aliphatic heterocycles. The third-order valence-electron chi connectivity index (χ3n) is 2.84. The fourth-order valence-electron chi connectivity index (χ4n) is 1.68. The molecule has 2 atom stereocenters. The van der Waals surface area contributed by atoms with Gasteiger partial charge in [0.25, 0.3) is 0 Å². The molecule has 100 valence electrons. The highest BCUT2D eigenvalue weighted by Crippen LogP contribution is 2.28. The zero-order chi connectivity index (χ0) is 13.7. The van der Waals surface area contributed by atoms with Gasteiger partial charge in [0.05, 0.1) is 7.11 Å². The van der Waals surface area contributed by atoms with Gasteiger partial charge >= 0.3 is 0 Å². The Bertz CT molecular complexity index is 504. The molecular formula is C14H17N3OS. The summed E-state index contributed by atoms with van der Waals surface area (Å²) >= 11 is 1.58. The van der Waals surface area contributed by atoms with Gasteiger partial charge in [0.15, 0.2) is 5.16 Å². The van der Waals surface area contributed by atoms with Gasteiger partial charge in [0.2, 0.25) is 0 Å². The number of nitrogens with zero attached hydrogens (tertiary/aromatic N) is 2. The van der Waals surface area contributed by atoms with Crippen LogP contribution in [0.2, 0.25) is 0 Å². The molecule has 2 aromatic rings. The van der Waals surface area contributed by atoms with E-state index in [1.807, 2.05) is 24.3 Å². The molecule has 19 heavy (non-hydrogen) atoms. The molecule has 2 unspecified atom stereocenters. The standard InChI is InChI=1S/C14H17N3OS/c1-10(19-14-16-8-3-9-17-14)13(15)11-4-6-12(18-2)7-5-11/h3-10,13H,15H2,1-2H3. The Labute approximate surface area is 117 Å². The van der Waals surface area contributed by atoms with E-state index in [0.717, 1.165) is 16.5 Å². The fraction of sp³-hybridized carbons (Fsp3) is 0.286. The van der Waals surface area contributed by atoms with Crippen LogP contribution >= 0.6 is 11.8 Å². The maximum atomic E-state index is 6.26. The van der Waals surface area contributed by atoms with Crippen LogP contribution in [0, 0.1) is 0 Å². The van der Waals surface area contributed by atoms with Crippen molar-refractivity contribution in [3.05, 3.63) is 48.3 Å². The highest BCUT2D eigenvalue weighted by atomic mass is 32.2.